The lowest BCUT2D eigenvalue weighted by Gasteiger charge is -2.13. The summed E-state index contributed by atoms with van der Waals surface area (Å²) in [5.41, 5.74) is 0. The van der Waals surface area contributed by atoms with E-state index >= 15 is 0 Å². The van der Waals surface area contributed by atoms with Crippen molar-refractivity contribution in [2.45, 2.75) is 58.4 Å². The molecule has 0 aliphatic heterocycles. The molecule has 14 heavy (non-hydrogen) atoms. The summed E-state index contributed by atoms with van der Waals surface area (Å²) in [6, 6.07) is -0.341. The van der Waals surface area contributed by atoms with Gasteiger partial charge in [0.15, 0.2) is 0 Å². The van der Waals surface area contributed by atoms with Crippen LogP contribution in [0.4, 0.5) is 0 Å². The molecule has 0 saturated heterocycles. The SMILES string of the molecule is CCCCCCC(NCCC)C(=O)O. The summed E-state index contributed by atoms with van der Waals surface area (Å²) in [6.45, 7) is 5.00. The van der Waals surface area contributed by atoms with Crippen LogP contribution in [0.3, 0.4) is 0 Å². The van der Waals surface area contributed by atoms with Gasteiger partial charge in [0.2, 0.25) is 0 Å². The van der Waals surface area contributed by atoms with Crippen LogP contribution in [0, 0.1) is 0 Å². The second kappa shape index (κ2) is 9.00. The number of nitrogens with one attached hydrogen (secondary N) is 1. The molecule has 84 valence electrons. The van der Waals surface area contributed by atoms with Crippen LogP contribution in [0.2, 0.25) is 0 Å². The summed E-state index contributed by atoms with van der Waals surface area (Å²) in [6.07, 6.45) is 6.31. The van der Waals surface area contributed by atoms with Gasteiger partial charge in [0.25, 0.3) is 0 Å². The van der Waals surface area contributed by atoms with Crippen molar-refractivity contribution >= 4 is 5.97 Å². The molecule has 0 amide bonds. The molecule has 0 saturated carbocycles. The predicted molar refractivity (Wildman–Crippen MR) is 58.5 cm³/mol. The van der Waals surface area contributed by atoms with Crippen LogP contribution in [-0.4, -0.2) is 23.7 Å². The van der Waals surface area contributed by atoms with Gasteiger partial charge in [0.05, 0.1) is 0 Å². The maximum Gasteiger partial charge on any atom is 0.320 e. The number of carbonyl (C=O) groups is 1. The van der Waals surface area contributed by atoms with Gasteiger partial charge in [-0.2, -0.15) is 0 Å². The van der Waals surface area contributed by atoms with Crippen molar-refractivity contribution in [3.63, 3.8) is 0 Å². The second-order valence-corrected chi connectivity index (χ2v) is 3.69. The van der Waals surface area contributed by atoms with Crippen LogP contribution in [0.1, 0.15) is 52.4 Å². The Balaban J connectivity index is 3.57. The Morgan fingerprint density at radius 2 is 1.93 bits per heavy atom. The van der Waals surface area contributed by atoms with Gasteiger partial charge in [-0.05, 0) is 19.4 Å². The fraction of sp³-hybridized carbons (Fsp3) is 0.909. The third kappa shape index (κ3) is 6.89. The zero-order valence-electron chi connectivity index (χ0n) is 9.38. The first kappa shape index (κ1) is 13.4. The standard InChI is InChI=1S/C11H23NO2/c1-3-5-6-7-8-10(11(13)14)12-9-4-2/h10,12H,3-9H2,1-2H3,(H,13,14). The van der Waals surface area contributed by atoms with Crippen molar-refractivity contribution in [1.82, 2.24) is 5.32 Å². The molecule has 2 N–H and O–H groups in total. The highest BCUT2D eigenvalue weighted by Crippen LogP contribution is 2.05. The number of aliphatic carboxylic acids is 1. The average Bonchev–Trinajstić information content (AvgIpc) is 2.16. The molecule has 1 atom stereocenters. The largest absolute Gasteiger partial charge is 0.480 e. The van der Waals surface area contributed by atoms with Crippen molar-refractivity contribution in [2.75, 3.05) is 6.54 Å². The smallest absolute Gasteiger partial charge is 0.320 e. The maximum atomic E-state index is 10.8. The van der Waals surface area contributed by atoms with E-state index in [1.807, 2.05) is 6.92 Å². The Bertz CT molecular complexity index is 148. The molecule has 0 radical (unpaired) electrons. The Morgan fingerprint density at radius 1 is 1.21 bits per heavy atom. The minimum Gasteiger partial charge on any atom is -0.480 e. The quantitative estimate of drug-likeness (QED) is 0.563. The zero-order valence-corrected chi connectivity index (χ0v) is 9.38. The van der Waals surface area contributed by atoms with Crippen molar-refractivity contribution in [3.05, 3.63) is 0 Å². The van der Waals surface area contributed by atoms with Crippen LogP contribution in [0.25, 0.3) is 0 Å². The van der Waals surface area contributed by atoms with Gasteiger partial charge in [0, 0.05) is 0 Å². The number of hydrogen-bond donors (Lipinski definition) is 2. The molecule has 0 heterocycles. The van der Waals surface area contributed by atoms with Crippen molar-refractivity contribution in [1.29, 1.82) is 0 Å². The van der Waals surface area contributed by atoms with E-state index in [1.165, 1.54) is 12.8 Å². The number of carboxylic acids is 1. The van der Waals surface area contributed by atoms with Crippen molar-refractivity contribution in [2.24, 2.45) is 0 Å². The van der Waals surface area contributed by atoms with Crippen LogP contribution < -0.4 is 5.32 Å². The van der Waals surface area contributed by atoms with Gasteiger partial charge < -0.3 is 10.4 Å². The van der Waals surface area contributed by atoms with E-state index in [2.05, 4.69) is 12.2 Å². The van der Waals surface area contributed by atoms with E-state index in [0.717, 1.165) is 32.2 Å². The predicted octanol–water partition coefficient (Wildman–Crippen LogP) is 2.41. The lowest BCUT2D eigenvalue weighted by atomic mass is 10.1. The average molecular weight is 201 g/mol. The molecular formula is C11H23NO2. The highest BCUT2D eigenvalue weighted by molar-refractivity contribution is 5.73. The zero-order chi connectivity index (χ0) is 10.8. The minimum absolute atomic E-state index is 0.341. The van der Waals surface area contributed by atoms with E-state index in [0.29, 0.717) is 0 Å². The van der Waals surface area contributed by atoms with Crippen molar-refractivity contribution < 1.29 is 9.90 Å². The monoisotopic (exact) mass is 201 g/mol. The molecule has 0 bridgehead atoms. The van der Waals surface area contributed by atoms with Crippen LogP contribution in [0.15, 0.2) is 0 Å². The number of carboxylic acid groups (broad SMARTS) is 1. The second-order valence-electron chi connectivity index (χ2n) is 3.69. The summed E-state index contributed by atoms with van der Waals surface area (Å²) in [7, 11) is 0. The van der Waals surface area contributed by atoms with Crippen molar-refractivity contribution in [3.8, 4) is 0 Å². The van der Waals surface area contributed by atoms with Crippen LogP contribution in [-0.2, 0) is 4.79 Å². The lowest BCUT2D eigenvalue weighted by Crippen LogP contribution is -2.36. The summed E-state index contributed by atoms with van der Waals surface area (Å²) in [4.78, 5) is 10.8. The number of unbranched alkanes of at least 4 members (excludes halogenated alkanes) is 3. The first-order valence-electron chi connectivity index (χ1n) is 5.68. The molecule has 1 unspecified atom stereocenters. The molecule has 0 aliphatic carbocycles. The molecule has 0 aromatic heterocycles. The Morgan fingerprint density at radius 3 is 2.43 bits per heavy atom. The third-order valence-electron chi connectivity index (χ3n) is 2.29. The van der Waals surface area contributed by atoms with E-state index in [4.69, 9.17) is 5.11 Å². The van der Waals surface area contributed by atoms with Gasteiger partial charge >= 0.3 is 5.97 Å². The molecule has 0 rings (SSSR count). The Hall–Kier alpha value is -0.570. The lowest BCUT2D eigenvalue weighted by molar-refractivity contribution is -0.139. The highest BCUT2D eigenvalue weighted by atomic mass is 16.4. The molecular weight excluding hydrogens is 178 g/mol. The first-order chi connectivity index (χ1) is 6.72. The van der Waals surface area contributed by atoms with E-state index < -0.39 is 5.97 Å². The van der Waals surface area contributed by atoms with Gasteiger partial charge in [-0.15, -0.1) is 0 Å². The number of hydrogen-bond acceptors (Lipinski definition) is 2. The third-order valence-corrected chi connectivity index (χ3v) is 2.29. The summed E-state index contributed by atoms with van der Waals surface area (Å²) < 4.78 is 0. The normalized spacial score (nSPS) is 12.7. The van der Waals surface area contributed by atoms with E-state index in [1.54, 1.807) is 0 Å². The summed E-state index contributed by atoms with van der Waals surface area (Å²) in [5.74, 6) is -0.713. The summed E-state index contributed by atoms with van der Waals surface area (Å²) >= 11 is 0. The topological polar surface area (TPSA) is 49.3 Å². The van der Waals surface area contributed by atoms with E-state index in [-0.39, 0.29) is 6.04 Å². The Labute approximate surface area is 86.9 Å². The highest BCUT2D eigenvalue weighted by Gasteiger charge is 2.14. The molecule has 0 aromatic carbocycles. The van der Waals surface area contributed by atoms with E-state index in [9.17, 15) is 4.79 Å². The fourth-order valence-electron chi connectivity index (χ4n) is 1.41. The molecule has 0 fully saturated rings. The van der Waals surface area contributed by atoms with Gasteiger partial charge in [-0.1, -0.05) is 39.5 Å². The molecule has 3 nitrogen and oxygen atoms in total. The minimum atomic E-state index is -0.713. The van der Waals surface area contributed by atoms with Crippen LogP contribution in [0.5, 0.6) is 0 Å². The Kier molecular flexibility index (Phi) is 8.64. The summed E-state index contributed by atoms with van der Waals surface area (Å²) in [5, 5.41) is 11.9. The van der Waals surface area contributed by atoms with Gasteiger partial charge in [0.1, 0.15) is 6.04 Å². The fourth-order valence-corrected chi connectivity index (χ4v) is 1.41. The van der Waals surface area contributed by atoms with Gasteiger partial charge in [-0.25, -0.2) is 0 Å². The first-order valence-corrected chi connectivity index (χ1v) is 5.68. The molecule has 3 heteroatoms. The molecule has 0 spiro atoms. The molecule has 0 aromatic rings. The maximum absolute atomic E-state index is 10.8. The van der Waals surface area contributed by atoms with Gasteiger partial charge in [-0.3, -0.25) is 4.79 Å². The van der Waals surface area contributed by atoms with Crippen LogP contribution >= 0.6 is 0 Å². The molecule has 0 aliphatic rings. The number of rotatable bonds is 9.